The molecule has 2 aromatic rings. The van der Waals surface area contributed by atoms with E-state index >= 15 is 0 Å². The van der Waals surface area contributed by atoms with E-state index in [2.05, 4.69) is 15.4 Å². The van der Waals surface area contributed by atoms with Crippen LogP contribution in [0.3, 0.4) is 0 Å². The van der Waals surface area contributed by atoms with Gasteiger partial charge in [-0.25, -0.2) is 4.39 Å². The molecule has 1 amide bonds. The molecule has 0 bridgehead atoms. The van der Waals surface area contributed by atoms with Gasteiger partial charge < -0.3 is 10.1 Å². The van der Waals surface area contributed by atoms with Crippen LogP contribution in [0.2, 0.25) is 0 Å². The van der Waals surface area contributed by atoms with Gasteiger partial charge in [0, 0.05) is 25.2 Å². The summed E-state index contributed by atoms with van der Waals surface area (Å²) < 4.78 is 21.0. The molecule has 3 heterocycles. The number of hydrogen-bond acceptors (Lipinski definition) is 4. The van der Waals surface area contributed by atoms with Crippen molar-refractivity contribution in [3.05, 3.63) is 46.8 Å². The first kappa shape index (κ1) is 15.6. The van der Waals surface area contributed by atoms with Gasteiger partial charge in [0.2, 0.25) is 0 Å². The molecule has 0 aliphatic carbocycles. The summed E-state index contributed by atoms with van der Waals surface area (Å²) in [6.45, 7) is 3.94. The molecule has 1 N–H and O–H groups in total. The van der Waals surface area contributed by atoms with Crippen LogP contribution in [0, 0.1) is 5.82 Å². The molecule has 6 nitrogen and oxygen atoms in total. The molecule has 0 saturated carbocycles. The number of carbonyl (C=O) groups excluding carboxylic acids is 1. The third kappa shape index (κ3) is 2.96. The van der Waals surface area contributed by atoms with Gasteiger partial charge in [0.15, 0.2) is 5.69 Å². The number of aryl methyl sites for hydroxylation is 1. The van der Waals surface area contributed by atoms with Crippen molar-refractivity contribution >= 4 is 5.91 Å². The Hall–Kier alpha value is -2.28. The standard InChI is InChI=1S/C16H19FN4O2/c1-9-7-11-14(20-21(3)15(11)10(2)23-9)16(22)19-8-13-12(17)5-4-6-18-13/h4-6,9-10H,7-8H2,1-3H3,(H,19,22)/t9-,10+/m1/s1. The van der Waals surface area contributed by atoms with Crippen molar-refractivity contribution in [1.29, 1.82) is 0 Å². The second kappa shape index (κ2) is 6.08. The van der Waals surface area contributed by atoms with Gasteiger partial charge >= 0.3 is 0 Å². The Morgan fingerprint density at radius 2 is 2.30 bits per heavy atom. The molecule has 0 spiro atoms. The van der Waals surface area contributed by atoms with Crippen molar-refractivity contribution in [2.75, 3.05) is 0 Å². The van der Waals surface area contributed by atoms with Crippen LogP contribution < -0.4 is 5.32 Å². The summed E-state index contributed by atoms with van der Waals surface area (Å²) >= 11 is 0. The SMILES string of the molecule is C[C@@H]1Cc2c(C(=O)NCc3ncccc3F)nn(C)c2[C@H](C)O1. The summed E-state index contributed by atoms with van der Waals surface area (Å²) in [4.78, 5) is 16.4. The van der Waals surface area contributed by atoms with Crippen LogP contribution >= 0.6 is 0 Å². The van der Waals surface area contributed by atoms with Crippen LogP contribution in [0.4, 0.5) is 4.39 Å². The quantitative estimate of drug-likeness (QED) is 0.938. The van der Waals surface area contributed by atoms with Gasteiger partial charge in [0.05, 0.1) is 30.1 Å². The summed E-state index contributed by atoms with van der Waals surface area (Å²) in [6.07, 6.45) is 2.05. The number of pyridine rings is 1. The zero-order chi connectivity index (χ0) is 16.6. The number of halogens is 1. The maximum absolute atomic E-state index is 13.6. The molecular weight excluding hydrogens is 299 g/mol. The second-order valence-corrected chi connectivity index (χ2v) is 5.74. The van der Waals surface area contributed by atoms with E-state index in [1.165, 1.54) is 18.3 Å². The Bertz CT molecular complexity index is 744. The minimum absolute atomic E-state index is 0.0263. The average Bonchev–Trinajstić information content (AvgIpc) is 2.83. The summed E-state index contributed by atoms with van der Waals surface area (Å²) in [5, 5.41) is 7.01. The first-order valence-corrected chi connectivity index (χ1v) is 7.56. The molecule has 0 aromatic carbocycles. The Balaban J connectivity index is 1.81. The normalized spacial score (nSPS) is 20.2. The van der Waals surface area contributed by atoms with Gasteiger partial charge in [0.1, 0.15) is 5.82 Å². The number of fused-ring (bicyclic) bond motifs is 1. The molecule has 3 rings (SSSR count). The molecule has 23 heavy (non-hydrogen) atoms. The molecule has 122 valence electrons. The number of carbonyl (C=O) groups is 1. The van der Waals surface area contributed by atoms with Crippen molar-refractivity contribution < 1.29 is 13.9 Å². The van der Waals surface area contributed by atoms with E-state index in [0.717, 1.165) is 11.3 Å². The van der Waals surface area contributed by atoms with E-state index in [4.69, 9.17) is 4.74 Å². The lowest BCUT2D eigenvalue weighted by atomic mass is 9.99. The zero-order valence-electron chi connectivity index (χ0n) is 13.3. The highest BCUT2D eigenvalue weighted by molar-refractivity contribution is 5.94. The molecule has 0 radical (unpaired) electrons. The van der Waals surface area contributed by atoms with Crippen molar-refractivity contribution in [2.24, 2.45) is 7.05 Å². The lowest BCUT2D eigenvalue weighted by Gasteiger charge is -2.26. The molecule has 0 unspecified atom stereocenters. The number of aromatic nitrogens is 3. The third-order valence-corrected chi connectivity index (χ3v) is 3.97. The maximum Gasteiger partial charge on any atom is 0.272 e. The van der Waals surface area contributed by atoms with Gasteiger partial charge in [-0.1, -0.05) is 0 Å². The minimum atomic E-state index is -0.438. The first-order valence-electron chi connectivity index (χ1n) is 7.56. The van der Waals surface area contributed by atoms with Crippen LogP contribution in [0.25, 0.3) is 0 Å². The molecule has 2 atom stereocenters. The fourth-order valence-corrected chi connectivity index (χ4v) is 3.02. The van der Waals surface area contributed by atoms with Gasteiger partial charge in [-0.3, -0.25) is 14.5 Å². The van der Waals surface area contributed by atoms with Crippen LogP contribution in [0.5, 0.6) is 0 Å². The lowest BCUT2D eigenvalue weighted by molar-refractivity contribution is -0.00903. The Morgan fingerprint density at radius 3 is 3.04 bits per heavy atom. The number of hydrogen-bond donors (Lipinski definition) is 1. The number of nitrogens with one attached hydrogen (secondary N) is 1. The second-order valence-electron chi connectivity index (χ2n) is 5.74. The predicted octanol–water partition coefficient (Wildman–Crippen LogP) is 1.91. The monoisotopic (exact) mass is 318 g/mol. The Morgan fingerprint density at radius 1 is 1.52 bits per heavy atom. The lowest BCUT2D eigenvalue weighted by Crippen LogP contribution is -2.28. The molecule has 1 aliphatic rings. The fourth-order valence-electron chi connectivity index (χ4n) is 3.02. The summed E-state index contributed by atoms with van der Waals surface area (Å²) in [5.74, 6) is -0.764. The maximum atomic E-state index is 13.6. The number of nitrogens with zero attached hydrogens (tertiary/aromatic N) is 3. The molecule has 0 fully saturated rings. The van der Waals surface area contributed by atoms with Gasteiger partial charge in [-0.15, -0.1) is 0 Å². The topological polar surface area (TPSA) is 69.0 Å². The van der Waals surface area contributed by atoms with Gasteiger partial charge in [-0.2, -0.15) is 5.10 Å². The third-order valence-electron chi connectivity index (χ3n) is 3.97. The molecule has 7 heteroatoms. The Kier molecular flexibility index (Phi) is 4.12. The minimum Gasteiger partial charge on any atom is -0.369 e. The van der Waals surface area contributed by atoms with Crippen molar-refractivity contribution in [1.82, 2.24) is 20.1 Å². The molecule has 0 saturated heterocycles. The highest BCUT2D eigenvalue weighted by Gasteiger charge is 2.31. The first-order chi connectivity index (χ1) is 11.0. The average molecular weight is 318 g/mol. The van der Waals surface area contributed by atoms with Crippen molar-refractivity contribution in [3.63, 3.8) is 0 Å². The highest BCUT2D eigenvalue weighted by atomic mass is 19.1. The highest BCUT2D eigenvalue weighted by Crippen LogP contribution is 2.31. The summed E-state index contributed by atoms with van der Waals surface area (Å²) in [5.41, 5.74) is 2.39. The molecule has 2 aromatic heterocycles. The summed E-state index contributed by atoms with van der Waals surface area (Å²) in [7, 11) is 1.80. The van der Waals surface area contributed by atoms with Crippen molar-refractivity contribution in [3.8, 4) is 0 Å². The van der Waals surface area contributed by atoms with Crippen LogP contribution in [0.1, 0.15) is 47.4 Å². The number of amides is 1. The van der Waals surface area contributed by atoms with E-state index < -0.39 is 5.82 Å². The molecular formula is C16H19FN4O2. The van der Waals surface area contributed by atoms with Gasteiger partial charge in [0.25, 0.3) is 5.91 Å². The number of ether oxygens (including phenoxy) is 1. The zero-order valence-corrected chi connectivity index (χ0v) is 13.3. The summed E-state index contributed by atoms with van der Waals surface area (Å²) in [6, 6.07) is 2.83. The van der Waals surface area contributed by atoms with Crippen molar-refractivity contribution in [2.45, 2.75) is 39.0 Å². The fraction of sp³-hybridized carbons (Fsp3) is 0.438. The Labute approximate surface area is 133 Å². The largest absolute Gasteiger partial charge is 0.369 e. The predicted molar refractivity (Wildman–Crippen MR) is 81.2 cm³/mol. The van der Waals surface area contributed by atoms with E-state index in [0.29, 0.717) is 12.1 Å². The van der Waals surface area contributed by atoms with E-state index in [1.54, 1.807) is 11.7 Å². The molecule has 1 aliphatic heterocycles. The van der Waals surface area contributed by atoms with Crippen LogP contribution in [0.15, 0.2) is 18.3 Å². The van der Waals surface area contributed by atoms with E-state index in [9.17, 15) is 9.18 Å². The van der Waals surface area contributed by atoms with E-state index in [-0.39, 0.29) is 30.4 Å². The van der Waals surface area contributed by atoms with Gasteiger partial charge in [-0.05, 0) is 26.0 Å². The van der Waals surface area contributed by atoms with Crippen LogP contribution in [-0.4, -0.2) is 26.8 Å². The number of rotatable bonds is 3. The van der Waals surface area contributed by atoms with E-state index in [1.807, 2.05) is 13.8 Å². The smallest absolute Gasteiger partial charge is 0.272 e. The van der Waals surface area contributed by atoms with Crippen LogP contribution in [-0.2, 0) is 24.8 Å².